The van der Waals surface area contributed by atoms with E-state index < -0.39 is 0 Å². The number of para-hydroxylation sites is 2. The molecule has 2 saturated heterocycles. The van der Waals surface area contributed by atoms with E-state index in [0.29, 0.717) is 11.8 Å². The number of anilines is 1. The van der Waals surface area contributed by atoms with E-state index in [-0.39, 0.29) is 24.0 Å². The second-order valence-corrected chi connectivity index (χ2v) is 8.64. The molecule has 2 aliphatic heterocycles. The summed E-state index contributed by atoms with van der Waals surface area (Å²) in [5, 5.41) is 15.9. The normalized spacial score (nSPS) is 18.9. The van der Waals surface area contributed by atoms with Crippen molar-refractivity contribution in [2.75, 3.05) is 57.8 Å². The Morgan fingerprint density at radius 3 is 2.43 bits per heavy atom. The molecule has 4 rings (SSSR count). The Balaban J connectivity index is 0.00000256. The van der Waals surface area contributed by atoms with Gasteiger partial charge in [-0.2, -0.15) is 0 Å². The molecule has 2 fully saturated rings. The van der Waals surface area contributed by atoms with Gasteiger partial charge in [0.25, 0.3) is 0 Å². The van der Waals surface area contributed by atoms with Gasteiger partial charge in [-0.3, -0.25) is 9.89 Å². The third-order valence-corrected chi connectivity index (χ3v) is 6.89. The van der Waals surface area contributed by atoms with Gasteiger partial charge in [-0.25, -0.2) is 0 Å². The van der Waals surface area contributed by atoms with Gasteiger partial charge in [-0.1, -0.05) is 18.2 Å². The highest BCUT2D eigenvalue weighted by molar-refractivity contribution is 14.0. The molecular formula is C22H32IN5OS. The van der Waals surface area contributed by atoms with E-state index in [0.717, 1.165) is 44.4 Å². The van der Waals surface area contributed by atoms with Gasteiger partial charge in [0.2, 0.25) is 0 Å². The summed E-state index contributed by atoms with van der Waals surface area (Å²) in [5.41, 5.74) is 0.918. The molecule has 1 atom stereocenters. The average Bonchev–Trinajstić information content (AvgIpc) is 3.47. The van der Waals surface area contributed by atoms with E-state index in [1.165, 1.54) is 30.8 Å². The van der Waals surface area contributed by atoms with Crippen molar-refractivity contribution in [1.29, 1.82) is 0 Å². The highest BCUT2D eigenvalue weighted by Gasteiger charge is 2.26. The van der Waals surface area contributed by atoms with Gasteiger partial charge < -0.3 is 20.2 Å². The van der Waals surface area contributed by atoms with E-state index in [1.54, 1.807) is 6.07 Å². The van der Waals surface area contributed by atoms with Crippen molar-refractivity contribution >= 4 is 47.0 Å². The van der Waals surface area contributed by atoms with Crippen molar-refractivity contribution in [2.45, 2.75) is 18.9 Å². The molecular weight excluding hydrogens is 509 g/mol. The average molecular weight is 542 g/mol. The number of nitrogens with one attached hydrogen (secondary N) is 1. The molecule has 3 heterocycles. The van der Waals surface area contributed by atoms with Gasteiger partial charge in [0, 0.05) is 44.6 Å². The fraction of sp³-hybridized carbons (Fsp3) is 0.500. The highest BCUT2D eigenvalue weighted by Crippen LogP contribution is 2.29. The van der Waals surface area contributed by atoms with Crippen LogP contribution in [0.4, 0.5) is 5.69 Å². The van der Waals surface area contributed by atoms with E-state index in [1.807, 2.05) is 36.6 Å². The summed E-state index contributed by atoms with van der Waals surface area (Å²) in [7, 11) is 1.87. The number of aliphatic imine (C=N–C) groups is 1. The summed E-state index contributed by atoms with van der Waals surface area (Å²) in [4.78, 5) is 13.2. The number of benzene rings is 1. The minimum absolute atomic E-state index is 0. The Bertz CT molecular complexity index is 802. The lowest BCUT2D eigenvalue weighted by Gasteiger charge is -2.38. The smallest absolute Gasteiger partial charge is 0.193 e. The Morgan fingerprint density at radius 1 is 1.07 bits per heavy atom. The number of likely N-dealkylation sites (tertiary alicyclic amines) is 1. The molecule has 0 bridgehead atoms. The summed E-state index contributed by atoms with van der Waals surface area (Å²) in [6, 6.07) is 12.4. The number of phenolic OH excluding ortho intramolecular Hbond substituents is 1. The minimum atomic E-state index is 0. The molecule has 6 nitrogen and oxygen atoms in total. The second kappa shape index (κ2) is 11.2. The van der Waals surface area contributed by atoms with E-state index in [4.69, 9.17) is 0 Å². The van der Waals surface area contributed by atoms with Crippen molar-refractivity contribution < 1.29 is 5.11 Å². The van der Waals surface area contributed by atoms with Crippen LogP contribution < -0.4 is 10.2 Å². The topological polar surface area (TPSA) is 54.3 Å². The van der Waals surface area contributed by atoms with Crippen LogP contribution in [-0.4, -0.2) is 73.7 Å². The Hall–Kier alpha value is -1.52. The largest absolute Gasteiger partial charge is 0.506 e. The zero-order valence-electron chi connectivity index (χ0n) is 17.5. The van der Waals surface area contributed by atoms with Gasteiger partial charge in [-0.15, -0.1) is 35.3 Å². The standard InChI is InChI=1S/C22H31N5OS.HI/c1-23-22(24-17-19(21-9-6-16-29-21)25-10-4-5-11-25)27-14-12-26(13-15-27)18-7-2-3-8-20(18)28;/h2-3,6-9,16,19,28H,4-5,10-15,17H2,1H3,(H,23,24);1H. The maximum absolute atomic E-state index is 10.1. The van der Waals surface area contributed by atoms with Crippen LogP contribution >= 0.6 is 35.3 Å². The minimum Gasteiger partial charge on any atom is -0.506 e. The fourth-order valence-electron chi connectivity index (χ4n) is 4.35. The van der Waals surface area contributed by atoms with E-state index in [9.17, 15) is 5.11 Å². The van der Waals surface area contributed by atoms with Crippen LogP contribution in [0.25, 0.3) is 0 Å². The number of hydrogen-bond acceptors (Lipinski definition) is 5. The van der Waals surface area contributed by atoms with Crippen molar-refractivity contribution in [2.24, 2.45) is 4.99 Å². The Labute approximate surface area is 200 Å². The molecule has 0 radical (unpaired) electrons. The summed E-state index contributed by atoms with van der Waals surface area (Å²) >= 11 is 1.85. The van der Waals surface area contributed by atoms with Crippen molar-refractivity contribution in [3.05, 3.63) is 46.7 Å². The second-order valence-electron chi connectivity index (χ2n) is 7.67. The predicted octanol–water partition coefficient (Wildman–Crippen LogP) is 3.61. The van der Waals surface area contributed by atoms with Crippen molar-refractivity contribution in [1.82, 2.24) is 15.1 Å². The lowest BCUT2D eigenvalue weighted by atomic mass is 10.2. The highest BCUT2D eigenvalue weighted by atomic mass is 127. The van der Waals surface area contributed by atoms with E-state index >= 15 is 0 Å². The molecule has 0 spiro atoms. The van der Waals surface area contributed by atoms with E-state index in [2.05, 4.69) is 42.5 Å². The first-order chi connectivity index (χ1) is 14.3. The van der Waals surface area contributed by atoms with Crippen LogP contribution in [0.1, 0.15) is 23.8 Å². The summed E-state index contributed by atoms with van der Waals surface area (Å²) in [5.74, 6) is 1.33. The van der Waals surface area contributed by atoms with Crippen LogP contribution in [-0.2, 0) is 0 Å². The zero-order chi connectivity index (χ0) is 20.1. The lowest BCUT2D eigenvalue weighted by Crippen LogP contribution is -2.53. The molecule has 1 aromatic heterocycles. The quantitative estimate of drug-likeness (QED) is 0.344. The molecule has 8 heteroatoms. The maximum atomic E-state index is 10.1. The van der Waals surface area contributed by atoms with Gasteiger partial charge in [0.15, 0.2) is 5.96 Å². The first-order valence-electron chi connectivity index (χ1n) is 10.5. The SMILES string of the molecule is CN=C(NCC(c1cccs1)N1CCCC1)N1CCN(c2ccccc2O)CC1.I. The number of piperazine rings is 1. The number of aromatic hydroxyl groups is 1. The first kappa shape index (κ1) is 23.1. The van der Waals surface area contributed by atoms with Gasteiger partial charge in [0.1, 0.15) is 5.75 Å². The molecule has 2 aliphatic rings. The van der Waals surface area contributed by atoms with Crippen molar-refractivity contribution in [3.8, 4) is 5.75 Å². The number of hydrogen-bond donors (Lipinski definition) is 2. The van der Waals surface area contributed by atoms with Crippen LogP contribution in [0.5, 0.6) is 5.75 Å². The number of guanidine groups is 1. The molecule has 1 unspecified atom stereocenters. The number of halogens is 1. The lowest BCUT2D eigenvalue weighted by molar-refractivity contribution is 0.246. The number of thiophene rings is 1. The van der Waals surface area contributed by atoms with Crippen LogP contribution in [0.2, 0.25) is 0 Å². The first-order valence-corrected chi connectivity index (χ1v) is 11.4. The molecule has 164 valence electrons. The fourth-order valence-corrected chi connectivity index (χ4v) is 5.22. The Morgan fingerprint density at radius 2 is 1.80 bits per heavy atom. The molecule has 0 aliphatic carbocycles. The molecule has 30 heavy (non-hydrogen) atoms. The molecule has 2 N–H and O–H groups in total. The predicted molar refractivity (Wildman–Crippen MR) is 137 cm³/mol. The van der Waals surface area contributed by atoms with Gasteiger partial charge in [0.05, 0.1) is 11.7 Å². The summed E-state index contributed by atoms with van der Waals surface area (Å²) in [6.45, 7) is 6.78. The van der Waals surface area contributed by atoms with Crippen molar-refractivity contribution in [3.63, 3.8) is 0 Å². The number of phenols is 1. The number of nitrogens with zero attached hydrogens (tertiary/aromatic N) is 4. The third-order valence-electron chi connectivity index (χ3n) is 5.92. The number of rotatable bonds is 5. The van der Waals surface area contributed by atoms with Crippen LogP contribution in [0.15, 0.2) is 46.8 Å². The van der Waals surface area contributed by atoms with Gasteiger partial charge >= 0.3 is 0 Å². The molecule has 0 amide bonds. The van der Waals surface area contributed by atoms with Crippen LogP contribution in [0, 0.1) is 0 Å². The zero-order valence-corrected chi connectivity index (χ0v) is 20.7. The molecule has 1 aromatic carbocycles. The Kier molecular flexibility index (Phi) is 8.64. The molecule has 2 aromatic rings. The third kappa shape index (κ3) is 5.39. The van der Waals surface area contributed by atoms with Gasteiger partial charge in [-0.05, 0) is 49.5 Å². The summed E-state index contributed by atoms with van der Waals surface area (Å²) in [6.07, 6.45) is 2.59. The summed E-state index contributed by atoms with van der Waals surface area (Å²) < 4.78 is 0. The maximum Gasteiger partial charge on any atom is 0.193 e. The van der Waals surface area contributed by atoms with Crippen LogP contribution in [0.3, 0.4) is 0 Å². The monoisotopic (exact) mass is 541 g/mol. The molecule has 0 saturated carbocycles.